The highest BCUT2D eigenvalue weighted by Gasteiger charge is 2.45. The van der Waals surface area contributed by atoms with E-state index in [1.165, 1.54) is 19.3 Å². The molecule has 9 rings (SSSR count). The van der Waals surface area contributed by atoms with Gasteiger partial charge in [-0.05, 0) is 75.9 Å². The maximum absolute atomic E-state index is 13.3. The maximum Gasteiger partial charge on any atom is 0.264 e. The SMILES string of the molecule is C=C1CCC(N2C(=O)c3cccc(NCCOCCOCCOCCC(=O)N4CCN(c5ccc(-c6nc7ccc(-c8c(C)noc8C)cn7c6NC6CCCCC6)cc5)CC4)c3C2=O)C(=O)N1. The molecule has 68 heavy (non-hydrogen) atoms. The molecule has 0 spiro atoms. The summed E-state index contributed by atoms with van der Waals surface area (Å²) in [5, 5.41) is 13.9. The Bertz CT molecular complexity index is 2630. The summed E-state index contributed by atoms with van der Waals surface area (Å²) in [4.78, 5) is 62.5. The van der Waals surface area contributed by atoms with Gasteiger partial charge in [-0.25, -0.2) is 4.98 Å². The van der Waals surface area contributed by atoms with Gasteiger partial charge in [0.05, 0.1) is 62.9 Å². The fraction of sp³-hybridized carbons (Fsp3) is 0.451. The summed E-state index contributed by atoms with van der Waals surface area (Å²) in [5.41, 5.74) is 8.55. The number of nitrogens with one attached hydrogen (secondary N) is 3. The Labute approximate surface area is 396 Å². The highest BCUT2D eigenvalue weighted by molar-refractivity contribution is 6.25. The fourth-order valence-corrected chi connectivity index (χ4v) is 9.77. The molecule has 3 aromatic heterocycles. The monoisotopic (exact) mass is 927 g/mol. The molecule has 0 bridgehead atoms. The molecule has 358 valence electrons. The van der Waals surface area contributed by atoms with Crippen LogP contribution >= 0.6 is 0 Å². The number of carbonyl (C=O) groups is 4. The van der Waals surface area contributed by atoms with Crippen molar-refractivity contribution in [2.75, 3.05) is 87.9 Å². The van der Waals surface area contributed by atoms with Gasteiger partial charge in [0.1, 0.15) is 29.0 Å². The second-order valence-corrected chi connectivity index (χ2v) is 17.9. The third-order valence-electron chi connectivity index (χ3n) is 13.4. The molecule has 4 aliphatic rings. The van der Waals surface area contributed by atoms with Crippen LogP contribution in [0.5, 0.6) is 0 Å². The van der Waals surface area contributed by atoms with Gasteiger partial charge >= 0.3 is 0 Å². The number of piperidine rings is 1. The van der Waals surface area contributed by atoms with Crippen molar-refractivity contribution in [2.24, 2.45) is 0 Å². The summed E-state index contributed by atoms with van der Waals surface area (Å²) >= 11 is 0. The summed E-state index contributed by atoms with van der Waals surface area (Å²) < 4.78 is 24.7. The van der Waals surface area contributed by atoms with Crippen LogP contribution in [0, 0.1) is 13.8 Å². The number of aromatic nitrogens is 3. The number of ether oxygens (including phenoxy) is 3. The van der Waals surface area contributed by atoms with Crippen LogP contribution in [0.2, 0.25) is 0 Å². The number of imide groups is 1. The minimum atomic E-state index is -0.862. The van der Waals surface area contributed by atoms with Crippen molar-refractivity contribution >= 4 is 46.5 Å². The van der Waals surface area contributed by atoms with Crippen molar-refractivity contribution in [2.45, 2.75) is 77.3 Å². The van der Waals surface area contributed by atoms with Gasteiger partial charge in [0.2, 0.25) is 11.8 Å². The van der Waals surface area contributed by atoms with Crippen LogP contribution in [0.25, 0.3) is 28.0 Å². The summed E-state index contributed by atoms with van der Waals surface area (Å²) in [6.07, 6.45) is 9.34. The van der Waals surface area contributed by atoms with E-state index in [0.29, 0.717) is 96.0 Å². The molecule has 5 aromatic rings. The van der Waals surface area contributed by atoms with Gasteiger partial charge in [-0.1, -0.05) is 49.2 Å². The van der Waals surface area contributed by atoms with Crippen LogP contribution in [0.1, 0.15) is 83.5 Å². The number of fused-ring (bicyclic) bond motifs is 2. The number of aryl methyl sites for hydroxylation is 2. The normalized spacial score (nSPS) is 17.9. The molecular formula is C51H61N9O8. The number of allylic oxidation sites excluding steroid dienone is 1. The van der Waals surface area contributed by atoms with Crippen molar-refractivity contribution < 1.29 is 37.9 Å². The lowest BCUT2D eigenvalue weighted by atomic mass is 9.95. The molecule has 17 heteroatoms. The Morgan fingerprint density at radius 1 is 0.824 bits per heavy atom. The number of hydrogen-bond donors (Lipinski definition) is 3. The van der Waals surface area contributed by atoms with Crippen LogP contribution in [0.4, 0.5) is 17.2 Å². The van der Waals surface area contributed by atoms with E-state index in [4.69, 9.17) is 23.7 Å². The summed E-state index contributed by atoms with van der Waals surface area (Å²) in [6, 6.07) is 17.4. The molecule has 1 saturated carbocycles. The number of piperazine rings is 1. The first-order chi connectivity index (χ1) is 33.1. The number of anilines is 3. The molecule has 6 heterocycles. The van der Waals surface area contributed by atoms with E-state index >= 15 is 0 Å². The first-order valence-corrected chi connectivity index (χ1v) is 24.0. The minimum absolute atomic E-state index is 0.0854. The number of imidazole rings is 1. The second kappa shape index (κ2) is 21.2. The average molecular weight is 928 g/mol. The van der Waals surface area contributed by atoms with Crippen LogP contribution in [0.15, 0.2) is 77.6 Å². The molecule has 3 aliphatic heterocycles. The zero-order valence-corrected chi connectivity index (χ0v) is 39.0. The van der Waals surface area contributed by atoms with Crippen molar-refractivity contribution in [3.8, 4) is 22.4 Å². The molecule has 2 aromatic carbocycles. The Morgan fingerprint density at radius 3 is 2.26 bits per heavy atom. The summed E-state index contributed by atoms with van der Waals surface area (Å²) in [5.74, 6) is 0.536. The highest BCUT2D eigenvalue weighted by Crippen LogP contribution is 2.36. The average Bonchev–Trinajstić information content (AvgIpc) is 3.97. The van der Waals surface area contributed by atoms with E-state index < -0.39 is 23.8 Å². The fourth-order valence-electron chi connectivity index (χ4n) is 9.77. The Morgan fingerprint density at radius 2 is 1.54 bits per heavy atom. The number of hydrogen-bond acceptors (Lipinski definition) is 13. The van der Waals surface area contributed by atoms with Crippen LogP contribution in [-0.4, -0.2) is 132 Å². The number of pyridine rings is 1. The standard InChI is InChI=1S/C51H61N9O8/c1-33-12-18-42(49(62)53-33)60-50(63)40-10-7-11-41(46(40)51(60)64)52-21-27-66-29-31-67-30-28-65-26-20-44(61)58-24-22-57(23-25-58)39-16-13-36(14-17-39)47-48(54-38-8-5-4-6-9-38)59-32-37(15-19-43(59)55-47)45-34(2)56-68-35(45)3/h7,10-11,13-17,19,32,38,42,52,54H,1,4-6,8-9,12,18,20-31H2,2-3H3,(H,53,62). The molecule has 0 radical (unpaired) electrons. The zero-order valence-electron chi connectivity index (χ0n) is 39.0. The van der Waals surface area contributed by atoms with Crippen LogP contribution < -0.4 is 20.9 Å². The molecule has 17 nitrogen and oxygen atoms in total. The number of amides is 4. The van der Waals surface area contributed by atoms with Gasteiger partial charge in [0.15, 0.2) is 0 Å². The Kier molecular flexibility index (Phi) is 14.5. The molecule has 1 aliphatic carbocycles. The molecule has 1 atom stereocenters. The zero-order chi connectivity index (χ0) is 47.1. The third kappa shape index (κ3) is 10.1. The van der Waals surface area contributed by atoms with Crippen molar-refractivity contribution in [1.82, 2.24) is 29.7 Å². The minimum Gasteiger partial charge on any atom is -0.382 e. The Hall–Kier alpha value is -6.56. The van der Waals surface area contributed by atoms with E-state index in [1.54, 1.807) is 18.2 Å². The number of nitrogens with zero attached hydrogens (tertiary/aromatic N) is 6. The van der Waals surface area contributed by atoms with Crippen LogP contribution in [0.3, 0.4) is 0 Å². The molecule has 2 saturated heterocycles. The third-order valence-corrected chi connectivity index (χ3v) is 13.4. The van der Waals surface area contributed by atoms with Gasteiger partial charge in [0.25, 0.3) is 11.8 Å². The molecule has 1 unspecified atom stereocenters. The van der Waals surface area contributed by atoms with Gasteiger partial charge in [-0.3, -0.25) is 28.5 Å². The van der Waals surface area contributed by atoms with E-state index in [9.17, 15) is 19.2 Å². The maximum atomic E-state index is 13.3. The quantitative estimate of drug-likeness (QED) is 0.0595. The number of rotatable bonds is 19. The molecular weight excluding hydrogens is 867 g/mol. The molecule has 3 N–H and O–H groups in total. The number of carbonyl (C=O) groups excluding carboxylic acids is 4. The van der Waals surface area contributed by atoms with Gasteiger partial charge in [-0.2, -0.15) is 0 Å². The van der Waals surface area contributed by atoms with Gasteiger partial charge in [-0.15, -0.1) is 0 Å². The van der Waals surface area contributed by atoms with E-state index in [2.05, 4.69) is 79.6 Å². The first kappa shape index (κ1) is 46.5. The second-order valence-electron chi connectivity index (χ2n) is 17.9. The van der Waals surface area contributed by atoms with Crippen molar-refractivity contribution in [3.63, 3.8) is 0 Å². The van der Waals surface area contributed by atoms with Crippen molar-refractivity contribution in [1.29, 1.82) is 0 Å². The first-order valence-electron chi connectivity index (χ1n) is 24.0. The van der Waals surface area contributed by atoms with Gasteiger partial charge in [0, 0.05) is 78.7 Å². The predicted octanol–water partition coefficient (Wildman–Crippen LogP) is 6.61. The van der Waals surface area contributed by atoms with E-state index in [1.807, 2.05) is 18.7 Å². The molecule has 4 amide bonds. The van der Waals surface area contributed by atoms with E-state index in [-0.39, 0.29) is 17.0 Å². The summed E-state index contributed by atoms with van der Waals surface area (Å²) in [6.45, 7) is 13.1. The largest absolute Gasteiger partial charge is 0.382 e. The Balaban J connectivity index is 0.665. The highest BCUT2D eigenvalue weighted by atomic mass is 16.5. The van der Waals surface area contributed by atoms with Crippen LogP contribution in [-0.2, 0) is 23.8 Å². The van der Waals surface area contributed by atoms with Crippen molar-refractivity contribution in [3.05, 3.63) is 95.7 Å². The van der Waals surface area contributed by atoms with E-state index in [0.717, 1.165) is 81.8 Å². The van der Waals surface area contributed by atoms with Gasteiger partial charge < -0.3 is 44.5 Å². The summed E-state index contributed by atoms with van der Waals surface area (Å²) in [7, 11) is 0. The lowest BCUT2D eigenvalue weighted by Gasteiger charge is -2.36. The lowest BCUT2D eigenvalue weighted by molar-refractivity contribution is -0.132. The molecule has 3 fully saturated rings. The number of benzene rings is 2. The predicted molar refractivity (Wildman–Crippen MR) is 258 cm³/mol. The lowest BCUT2D eigenvalue weighted by Crippen LogP contribution is -2.51. The topological polar surface area (TPSA) is 185 Å². The smallest absolute Gasteiger partial charge is 0.264 e.